The van der Waals surface area contributed by atoms with Gasteiger partial charge < -0.3 is 10.6 Å². The predicted molar refractivity (Wildman–Crippen MR) is 104 cm³/mol. The van der Waals surface area contributed by atoms with Gasteiger partial charge in [0, 0.05) is 0 Å². The number of rotatable bonds is 8. The first kappa shape index (κ1) is 19.4. The van der Waals surface area contributed by atoms with Crippen LogP contribution in [-0.2, 0) is 9.59 Å². The lowest BCUT2D eigenvalue weighted by Crippen LogP contribution is -2.42. The van der Waals surface area contributed by atoms with E-state index >= 15 is 0 Å². The Kier molecular flexibility index (Phi) is 7.15. The van der Waals surface area contributed by atoms with E-state index in [2.05, 4.69) is 17.2 Å². The molecule has 0 saturated heterocycles. The van der Waals surface area contributed by atoms with Gasteiger partial charge in [-0.3, -0.25) is 9.59 Å². The van der Waals surface area contributed by atoms with Crippen molar-refractivity contribution >= 4 is 11.8 Å². The van der Waals surface area contributed by atoms with Crippen molar-refractivity contribution in [1.82, 2.24) is 10.6 Å². The standard InChI is InChI=1S/C22H26N2O2/c1-4-11-20(21(25)23-16(2)18-12-7-5-8-13-18)22(26)24-17(3)19-14-9-6-10-15-19/h4-10,12-17,20H,1,11H2,2-3H3,(H,23,25)(H,24,26)/t16-,17+,20?. The van der Waals surface area contributed by atoms with E-state index < -0.39 is 5.92 Å². The van der Waals surface area contributed by atoms with Crippen LogP contribution in [0.5, 0.6) is 0 Å². The highest BCUT2D eigenvalue weighted by Gasteiger charge is 2.27. The third kappa shape index (κ3) is 5.31. The van der Waals surface area contributed by atoms with Crippen LogP contribution < -0.4 is 10.6 Å². The Bertz CT molecular complexity index is 669. The van der Waals surface area contributed by atoms with Gasteiger partial charge in [0.25, 0.3) is 0 Å². The maximum Gasteiger partial charge on any atom is 0.233 e. The van der Waals surface area contributed by atoms with Crippen molar-refractivity contribution in [3.63, 3.8) is 0 Å². The van der Waals surface area contributed by atoms with Crippen molar-refractivity contribution in [3.8, 4) is 0 Å². The lowest BCUT2D eigenvalue weighted by molar-refractivity contribution is -0.135. The summed E-state index contributed by atoms with van der Waals surface area (Å²) in [4.78, 5) is 25.3. The van der Waals surface area contributed by atoms with Gasteiger partial charge in [-0.05, 0) is 31.4 Å². The zero-order chi connectivity index (χ0) is 18.9. The van der Waals surface area contributed by atoms with Crippen molar-refractivity contribution in [2.24, 2.45) is 5.92 Å². The van der Waals surface area contributed by atoms with Crippen molar-refractivity contribution in [2.75, 3.05) is 0 Å². The molecule has 0 bridgehead atoms. The minimum Gasteiger partial charge on any atom is -0.349 e. The zero-order valence-corrected chi connectivity index (χ0v) is 15.3. The SMILES string of the molecule is C=CCC(C(=O)N[C@@H](C)c1ccccc1)C(=O)N[C@H](C)c1ccccc1. The summed E-state index contributed by atoms with van der Waals surface area (Å²) in [6, 6.07) is 19.0. The number of hydrogen-bond donors (Lipinski definition) is 2. The second kappa shape index (κ2) is 9.56. The molecule has 1 unspecified atom stereocenters. The molecule has 2 aromatic carbocycles. The molecule has 0 spiro atoms. The fourth-order valence-corrected chi connectivity index (χ4v) is 2.78. The van der Waals surface area contributed by atoms with Gasteiger partial charge in [0.15, 0.2) is 0 Å². The van der Waals surface area contributed by atoms with Crippen molar-refractivity contribution in [2.45, 2.75) is 32.4 Å². The Morgan fingerprint density at radius 3 is 1.58 bits per heavy atom. The van der Waals surface area contributed by atoms with Gasteiger partial charge in [0.05, 0.1) is 12.1 Å². The van der Waals surface area contributed by atoms with E-state index in [0.29, 0.717) is 6.42 Å². The van der Waals surface area contributed by atoms with E-state index in [1.165, 1.54) is 0 Å². The van der Waals surface area contributed by atoms with Gasteiger partial charge in [-0.25, -0.2) is 0 Å². The van der Waals surface area contributed by atoms with Gasteiger partial charge >= 0.3 is 0 Å². The van der Waals surface area contributed by atoms with E-state index in [4.69, 9.17) is 0 Å². The van der Waals surface area contributed by atoms with Crippen molar-refractivity contribution in [3.05, 3.63) is 84.4 Å². The molecule has 0 saturated carbocycles. The summed E-state index contributed by atoms with van der Waals surface area (Å²) in [5.41, 5.74) is 1.99. The summed E-state index contributed by atoms with van der Waals surface area (Å²) in [6.07, 6.45) is 1.89. The highest BCUT2D eigenvalue weighted by atomic mass is 16.2. The lowest BCUT2D eigenvalue weighted by Gasteiger charge is -2.21. The number of allylic oxidation sites excluding steroid dienone is 1. The molecule has 2 N–H and O–H groups in total. The second-order valence-corrected chi connectivity index (χ2v) is 6.36. The molecule has 136 valence electrons. The molecule has 0 aliphatic heterocycles. The number of carbonyl (C=O) groups is 2. The van der Waals surface area contributed by atoms with Crippen LogP contribution in [0.1, 0.15) is 43.5 Å². The molecule has 2 rings (SSSR count). The van der Waals surface area contributed by atoms with Gasteiger partial charge in [-0.1, -0.05) is 66.7 Å². The van der Waals surface area contributed by atoms with Crippen LogP contribution >= 0.6 is 0 Å². The highest BCUT2D eigenvalue weighted by Crippen LogP contribution is 2.16. The smallest absolute Gasteiger partial charge is 0.233 e. The molecular weight excluding hydrogens is 324 g/mol. The minimum atomic E-state index is -0.801. The van der Waals surface area contributed by atoms with E-state index in [9.17, 15) is 9.59 Å². The van der Waals surface area contributed by atoms with Crippen LogP contribution in [0.4, 0.5) is 0 Å². The average Bonchev–Trinajstić information content (AvgIpc) is 2.67. The summed E-state index contributed by atoms with van der Waals surface area (Å²) in [6.45, 7) is 7.49. The second-order valence-electron chi connectivity index (χ2n) is 6.36. The van der Waals surface area contributed by atoms with Crippen molar-refractivity contribution < 1.29 is 9.59 Å². The first-order chi connectivity index (χ1) is 12.5. The minimum absolute atomic E-state index is 0.171. The Hall–Kier alpha value is -2.88. The van der Waals surface area contributed by atoms with E-state index in [1.807, 2.05) is 74.5 Å². The highest BCUT2D eigenvalue weighted by molar-refractivity contribution is 6.00. The average molecular weight is 350 g/mol. The lowest BCUT2D eigenvalue weighted by atomic mass is 10.0. The third-order valence-corrected chi connectivity index (χ3v) is 4.35. The number of carbonyl (C=O) groups excluding carboxylic acids is 2. The Labute approximate surface area is 155 Å². The van der Waals surface area contributed by atoms with Crippen LogP contribution in [0.3, 0.4) is 0 Å². The molecule has 0 heterocycles. The monoisotopic (exact) mass is 350 g/mol. The molecule has 4 nitrogen and oxygen atoms in total. The van der Waals surface area contributed by atoms with Crippen LogP contribution in [0.25, 0.3) is 0 Å². The van der Waals surface area contributed by atoms with Crippen molar-refractivity contribution in [1.29, 1.82) is 0 Å². The molecule has 2 amide bonds. The summed E-state index contributed by atoms with van der Waals surface area (Å²) < 4.78 is 0. The number of nitrogens with one attached hydrogen (secondary N) is 2. The summed E-state index contributed by atoms with van der Waals surface area (Å²) in [5, 5.41) is 5.85. The Balaban J connectivity index is 2.03. The predicted octanol–water partition coefficient (Wildman–Crippen LogP) is 3.93. The number of hydrogen-bond acceptors (Lipinski definition) is 2. The van der Waals surface area contributed by atoms with Crippen LogP contribution in [-0.4, -0.2) is 11.8 Å². The quantitative estimate of drug-likeness (QED) is 0.560. The molecule has 26 heavy (non-hydrogen) atoms. The van der Waals surface area contributed by atoms with Crippen LogP contribution in [0.2, 0.25) is 0 Å². The summed E-state index contributed by atoms with van der Waals surface area (Å²) >= 11 is 0. The van der Waals surface area contributed by atoms with Gasteiger partial charge in [0.1, 0.15) is 5.92 Å². The first-order valence-electron chi connectivity index (χ1n) is 8.84. The number of amides is 2. The number of benzene rings is 2. The first-order valence-corrected chi connectivity index (χ1v) is 8.84. The maximum atomic E-state index is 12.7. The topological polar surface area (TPSA) is 58.2 Å². The molecule has 2 aromatic rings. The molecule has 0 aromatic heterocycles. The van der Waals surface area contributed by atoms with Crippen LogP contribution in [0.15, 0.2) is 73.3 Å². The maximum absolute atomic E-state index is 12.7. The third-order valence-electron chi connectivity index (χ3n) is 4.35. The Morgan fingerprint density at radius 2 is 1.23 bits per heavy atom. The van der Waals surface area contributed by atoms with E-state index in [0.717, 1.165) is 11.1 Å². The van der Waals surface area contributed by atoms with E-state index in [-0.39, 0.29) is 23.9 Å². The molecular formula is C22H26N2O2. The molecule has 3 atom stereocenters. The summed E-state index contributed by atoms with van der Waals surface area (Å²) in [5.74, 6) is -1.39. The van der Waals surface area contributed by atoms with E-state index in [1.54, 1.807) is 6.08 Å². The molecule has 0 aliphatic carbocycles. The summed E-state index contributed by atoms with van der Waals surface area (Å²) in [7, 11) is 0. The van der Waals surface area contributed by atoms with Crippen LogP contribution in [0, 0.1) is 5.92 Å². The molecule has 0 fully saturated rings. The van der Waals surface area contributed by atoms with Gasteiger partial charge in [-0.15, -0.1) is 6.58 Å². The fraction of sp³-hybridized carbons (Fsp3) is 0.273. The molecule has 0 radical (unpaired) electrons. The molecule has 4 heteroatoms. The largest absolute Gasteiger partial charge is 0.349 e. The fourth-order valence-electron chi connectivity index (χ4n) is 2.78. The zero-order valence-electron chi connectivity index (χ0n) is 15.3. The normalized spacial score (nSPS) is 13.9. The molecule has 0 aliphatic rings. The van der Waals surface area contributed by atoms with Gasteiger partial charge in [0.2, 0.25) is 11.8 Å². The van der Waals surface area contributed by atoms with Gasteiger partial charge in [-0.2, -0.15) is 0 Å². The Morgan fingerprint density at radius 1 is 0.846 bits per heavy atom.